The fourth-order valence-electron chi connectivity index (χ4n) is 2.93. The number of nitrogens with zero attached hydrogens (tertiary/aromatic N) is 3. The summed E-state index contributed by atoms with van der Waals surface area (Å²) in [5.74, 6) is -0.311. The highest BCUT2D eigenvalue weighted by Crippen LogP contribution is 2.17. The Bertz CT molecular complexity index is 751. The van der Waals surface area contributed by atoms with E-state index in [0.29, 0.717) is 18.8 Å². The predicted octanol–water partition coefficient (Wildman–Crippen LogP) is 1.36. The fourth-order valence-corrected chi connectivity index (χ4v) is 3.59. The van der Waals surface area contributed by atoms with Crippen molar-refractivity contribution in [3.63, 3.8) is 0 Å². The third-order valence-electron chi connectivity index (χ3n) is 4.29. The van der Waals surface area contributed by atoms with E-state index in [9.17, 15) is 9.59 Å². The maximum absolute atomic E-state index is 12.5. The summed E-state index contributed by atoms with van der Waals surface area (Å²) >= 11 is 1.65. The second kappa shape index (κ2) is 8.77. The van der Waals surface area contributed by atoms with Crippen LogP contribution in [0.5, 0.6) is 5.75 Å². The lowest BCUT2D eigenvalue weighted by Crippen LogP contribution is -2.38. The molecule has 0 aliphatic carbocycles. The number of ether oxygens (including phenoxy) is 1. The molecule has 0 bridgehead atoms. The fraction of sp³-hybridized carbons (Fsp3) is 0.389. The number of primary amides is 1. The van der Waals surface area contributed by atoms with Gasteiger partial charge in [0.25, 0.3) is 11.8 Å². The zero-order valence-electron chi connectivity index (χ0n) is 14.5. The van der Waals surface area contributed by atoms with Gasteiger partial charge in [-0.05, 0) is 18.6 Å². The molecular formula is C18H22N4O3S. The van der Waals surface area contributed by atoms with E-state index < -0.39 is 5.91 Å². The van der Waals surface area contributed by atoms with Gasteiger partial charge in [-0.1, -0.05) is 12.1 Å². The van der Waals surface area contributed by atoms with Crippen molar-refractivity contribution < 1.29 is 14.3 Å². The number of carbonyl (C=O) groups is 2. The molecule has 0 spiro atoms. The predicted molar refractivity (Wildman–Crippen MR) is 99.0 cm³/mol. The van der Waals surface area contributed by atoms with Crippen LogP contribution in [0.15, 0.2) is 35.8 Å². The van der Waals surface area contributed by atoms with Gasteiger partial charge in [-0.25, -0.2) is 4.98 Å². The van der Waals surface area contributed by atoms with Crippen LogP contribution < -0.4 is 10.5 Å². The molecule has 0 atom stereocenters. The summed E-state index contributed by atoms with van der Waals surface area (Å²) in [5, 5.41) is 3.07. The van der Waals surface area contributed by atoms with Crippen LogP contribution in [0.2, 0.25) is 0 Å². The molecule has 0 unspecified atom stereocenters. The summed E-state index contributed by atoms with van der Waals surface area (Å²) in [5.41, 5.74) is 5.61. The van der Waals surface area contributed by atoms with Gasteiger partial charge in [0.2, 0.25) is 0 Å². The highest BCUT2D eigenvalue weighted by molar-refractivity contribution is 7.09. The minimum atomic E-state index is -0.569. The van der Waals surface area contributed by atoms with Crippen molar-refractivity contribution in [2.24, 2.45) is 5.73 Å². The lowest BCUT2D eigenvalue weighted by Gasteiger charge is -2.21. The van der Waals surface area contributed by atoms with E-state index in [1.807, 2.05) is 16.5 Å². The van der Waals surface area contributed by atoms with Crippen molar-refractivity contribution in [2.45, 2.75) is 13.0 Å². The van der Waals surface area contributed by atoms with Crippen molar-refractivity contribution >= 4 is 23.2 Å². The summed E-state index contributed by atoms with van der Waals surface area (Å²) in [7, 11) is 0. The Balaban J connectivity index is 1.51. The Morgan fingerprint density at radius 1 is 1.19 bits per heavy atom. The number of nitrogens with two attached hydrogens (primary N) is 1. The van der Waals surface area contributed by atoms with E-state index in [2.05, 4.69) is 9.88 Å². The lowest BCUT2D eigenvalue weighted by molar-refractivity contribution is -0.133. The molecule has 1 fully saturated rings. The molecule has 2 heterocycles. The summed E-state index contributed by atoms with van der Waals surface area (Å²) in [6.07, 6.45) is 2.73. The standard InChI is InChI=1S/C18H22N4O3S/c19-18(24)14-4-1-2-5-15(14)25-13-17(23)22-8-3-7-21(9-10-22)12-16-20-6-11-26-16/h1-2,4-6,11H,3,7-10,12-13H2,(H2,19,24). The number of para-hydroxylation sites is 1. The number of amides is 2. The molecule has 2 amide bonds. The number of aromatic nitrogens is 1. The first-order valence-electron chi connectivity index (χ1n) is 8.53. The van der Waals surface area contributed by atoms with Gasteiger partial charge in [-0.2, -0.15) is 0 Å². The number of thiazole rings is 1. The Morgan fingerprint density at radius 3 is 2.81 bits per heavy atom. The Hall–Kier alpha value is -2.45. The zero-order chi connectivity index (χ0) is 18.4. The van der Waals surface area contributed by atoms with Gasteiger partial charge in [-0.15, -0.1) is 11.3 Å². The smallest absolute Gasteiger partial charge is 0.260 e. The van der Waals surface area contributed by atoms with Crippen molar-refractivity contribution in [1.82, 2.24) is 14.8 Å². The van der Waals surface area contributed by atoms with E-state index in [1.54, 1.807) is 35.6 Å². The average Bonchev–Trinajstić information content (AvgIpc) is 3.04. The van der Waals surface area contributed by atoms with E-state index in [0.717, 1.165) is 31.1 Å². The third-order valence-corrected chi connectivity index (χ3v) is 5.05. The van der Waals surface area contributed by atoms with Crippen LogP contribution >= 0.6 is 11.3 Å². The highest BCUT2D eigenvalue weighted by Gasteiger charge is 2.20. The van der Waals surface area contributed by atoms with Crippen molar-refractivity contribution in [3.05, 3.63) is 46.4 Å². The Kier molecular flexibility index (Phi) is 6.19. The largest absolute Gasteiger partial charge is 0.483 e. The van der Waals surface area contributed by atoms with Gasteiger partial charge >= 0.3 is 0 Å². The number of benzene rings is 1. The molecule has 1 aromatic carbocycles. The van der Waals surface area contributed by atoms with Crippen LogP contribution in [0, 0.1) is 0 Å². The van der Waals surface area contributed by atoms with Crippen LogP contribution in [0.3, 0.4) is 0 Å². The minimum Gasteiger partial charge on any atom is -0.483 e. The summed E-state index contributed by atoms with van der Waals surface area (Å²) < 4.78 is 5.55. The van der Waals surface area contributed by atoms with Crippen LogP contribution in [-0.2, 0) is 11.3 Å². The zero-order valence-corrected chi connectivity index (χ0v) is 15.3. The molecule has 0 radical (unpaired) electrons. The molecule has 1 aliphatic rings. The topological polar surface area (TPSA) is 88.8 Å². The second-order valence-corrected chi connectivity index (χ2v) is 7.06. The van der Waals surface area contributed by atoms with E-state index in [-0.39, 0.29) is 18.1 Å². The van der Waals surface area contributed by atoms with Gasteiger partial charge in [0.15, 0.2) is 6.61 Å². The van der Waals surface area contributed by atoms with Gasteiger partial charge in [-0.3, -0.25) is 14.5 Å². The third kappa shape index (κ3) is 4.80. The molecule has 3 rings (SSSR count). The van der Waals surface area contributed by atoms with Gasteiger partial charge in [0.05, 0.1) is 12.1 Å². The number of carbonyl (C=O) groups excluding carboxylic acids is 2. The maximum Gasteiger partial charge on any atom is 0.260 e. The molecule has 1 aliphatic heterocycles. The molecule has 1 aromatic heterocycles. The van der Waals surface area contributed by atoms with Gasteiger partial charge in [0.1, 0.15) is 10.8 Å². The molecular weight excluding hydrogens is 352 g/mol. The van der Waals surface area contributed by atoms with Crippen molar-refractivity contribution in [3.8, 4) is 5.75 Å². The summed E-state index contributed by atoms with van der Waals surface area (Å²) in [4.78, 5) is 32.4. The quantitative estimate of drug-likeness (QED) is 0.825. The first kappa shape index (κ1) is 18.3. The Labute approximate surface area is 156 Å². The molecule has 26 heavy (non-hydrogen) atoms. The monoisotopic (exact) mass is 374 g/mol. The van der Waals surface area contributed by atoms with Gasteiger partial charge in [0, 0.05) is 37.8 Å². The molecule has 1 saturated heterocycles. The van der Waals surface area contributed by atoms with Gasteiger partial charge < -0.3 is 15.4 Å². The molecule has 2 N–H and O–H groups in total. The minimum absolute atomic E-state index is 0.0830. The molecule has 8 heteroatoms. The molecule has 138 valence electrons. The van der Waals surface area contributed by atoms with Crippen LogP contribution in [-0.4, -0.2) is 59.4 Å². The second-order valence-electron chi connectivity index (χ2n) is 6.09. The molecule has 7 nitrogen and oxygen atoms in total. The van der Waals surface area contributed by atoms with E-state index in [1.165, 1.54) is 0 Å². The molecule has 2 aromatic rings. The van der Waals surface area contributed by atoms with Crippen LogP contribution in [0.25, 0.3) is 0 Å². The Morgan fingerprint density at radius 2 is 2.04 bits per heavy atom. The summed E-state index contributed by atoms with van der Waals surface area (Å²) in [6, 6.07) is 6.69. The lowest BCUT2D eigenvalue weighted by atomic mass is 10.2. The van der Waals surface area contributed by atoms with E-state index >= 15 is 0 Å². The average molecular weight is 374 g/mol. The van der Waals surface area contributed by atoms with Crippen LogP contribution in [0.4, 0.5) is 0 Å². The van der Waals surface area contributed by atoms with E-state index in [4.69, 9.17) is 10.5 Å². The number of hydrogen-bond acceptors (Lipinski definition) is 6. The highest BCUT2D eigenvalue weighted by atomic mass is 32.1. The molecule has 0 saturated carbocycles. The summed E-state index contributed by atoms with van der Waals surface area (Å²) in [6.45, 7) is 3.83. The normalized spacial score (nSPS) is 15.5. The van der Waals surface area contributed by atoms with Crippen molar-refractivity contribution in [1.29, 1.82) is 0 Å². The first-order chi connectivity index (χ1) is 12.6. The number of hydrogen-bond donors (Lipinski definition) is 1. The SMILES string of the molecule is NC(=O)c1ccccc1OCC(=O)N1CCCN(Cc2nccs2)CC1. The van der Waals surface area contributed by atoms with Crippen molar-refractivity contribution in [2.75, 3.05) is 32.8 Å². The first-order valence-corrected chi connectivity index (χ1v) is 9.41. The maximum atomic E-state index is 12.5. The number of rotatable bonds is 6. The van der Waals surface area contributed by atoms with Crippen LogP contribution in [0.1, 0.15) is 21.8 Å².